The van der Waals surface area contributed by atoms with E-state index in [4.69, 9.17) is 0 Å². The summed E-state index contributed by atoms with van der Waals surface area (Å²) in [7, 11) is 0. The molecule has 0 saturated heterocycles. The first kappa shape index (κ1) is 23.9. The van der Waals surface area contributed by atoms with E-state index in [9.17, 15) is 22.8 Å². The van der Waals surface area contributed by atoms with Gasteiger partial charge in [0.1, 0.15) is 0 Å². The number of carbonyl (C=O) groups excluding carboxylic acids is 2. The third kappa shape index (κ3) is 3.41. The number of fused-ring (bicyclic) bond motifs is 4. The number of halogens is 3. The third-order valence-corrected chi connectivity index (χ3v) is 7.36. The van der Waals surface area contributed by atoms with E-state index in [1.165, 1.54) is 10.6 Å². The number of nitrogens with zero attached hydrogens (tertiary/aromatic N) is 2. The van der Waals surface area contributed by atoms with Crippen LogP contribution in [0.1, 0.15) is 26.3 Å². The van der Waals surface area contributed by atoms with Crippen LogP contribution in [0.3, 0.4) is 0 Å². The lowest BCUT2D eigenvalue weighted by atomic mass is 10.0. The lowest BCUT2D eigenvalue weighted by molar-refractivity contribution is -0.136. The van der Waals surface area contributed by atoms with Gasteiger partial charge in [-0.25, -0.2) is 4.90 Å². The van der Waals surface area contributed by atoms with Gasteiger partial charge in [-0.05, 0) is 35.9 Å². The van der Waals surface area contributed by atoms with E-state index in [0.717, 1.165) is 16.5 Å². The average Bonchev–Trinajstić information content (AvgIpc) is 3.44. The monoisotopic (exact) mass is 532 g/mol. The van der Waals surface area contributed by atoms with Gasteiger partial charge in [0.15, 0.2) is 0 Å². The molecule has 0 atom stereocenters. The predicted octanol–water partition coefficient (Wildman–Crippen LogP) is 8.27. The number of para-hydroxylation sites is 3. The molecule has 0 radical (unpaired) electrons. The standard InChI is InChI=1S/C33H19F3N2O2/c34-33(35,36)25-16-8-14-23-22-13-5-7-18-27(22)37(30(23)25)28-19-9-15-24-29(28)32(40)38(31(24)39)26-17-6-4-12-21(26)20-10-2-1-3-11-20/h1-19H. The van der Waals surface area contributed by atoms with Gasteiger partial charge in [0.2, 0.25) is 0 Å². The van der Waals surface area contributed by atoms with Crippen molar-refractivity contribution < 1.29 is 22.8 Å². The van der Waals surface area contributed by atoms with Gasteiger partial charge in [0.25, 0.3) is 11.8 Å². The van der Waals surface area contributed by atoms with Gasteiger partial charge in [-0.2, -0.15) is 13.2 Å². The first-order valence-electron chi connectivity index (χ1n) is 12.6. The molecule has 1 aromatic heterocycles. The number of amides is 2. The Balaban J connectivity index is 1.50. The van der Waals surface area contributed by atoms with Gasteiger partial charge in [0, 0.05) is 16.3 Å². The Bertz CT molecular complexity index is 1990. The molecule has 0 spiro atoms. The van der Waals surface area contributed by atoms with Crippen LogP contribution in [0.2, 0.25) is 0 Å². The SMILES string of the molecule is O=C1c2cccc(-n3c4ccccc4c4cccc(C(F)(F)F)c43)c2C(=O)N1c1ccccc1-c1ccccc1. The lowest BCUT2D eigenvalue weighted by Gasteiger charge is -2.19. The molecule has 5 aromatic carbocycles. The molecular weight excluding hydrogens is 513 g/mol. The summed E-state index contributed by atoms with van der Waals surface area (Å²) < 4.78 is 44.4. The van der Waals surface area contributed by atoms with E-state index >= 15 is 0 Å². The minimum atomic E-state index is -4.63. The Morgan fingerprint density at radius 3 is 1.98 bits per heavy atom. The van der Waals surface area contributed by atoms with E-state index in [-0.39, 0.29) is 22.3 Å². The number of alkyl halides is 3. The molecule has 1 aliphatic heterocycles. The Morgan fingerprint density at radius 1 is 0.550 bits per heavy atom. The van der Waals surface area contributed by atoms with Crippen molar-refractivity contribution in [2.75, 3.05) is 4.90 Å². The number of benzene rings is 5. The molecule has 0 saturated carbocycles. The van der Waals surface area contributed by atoms with Crippen LogP contribution in [-0.4, -0.2) is 16.4 Å². The number of imide groups is 1. The molecular formula is C33H19F3N2O2. The first-order chi connectivity index (χ1) is 19.4. The minimum Gasteiger partial charge on any atom is -0.308 e. The molecule has 2 heterocycles. The third-order valence-electron chi connectivity index (χ3n) is 7.36. The molecule has 0 aliphatic carbocycles. The van der Waals surface area contributed by atoms with Gasteiger partial charge in [-0.1, -0.05) is 84.9 Å². The van der Waals surface area contributed by atoms with Gasteiger partial charge in [-0.15, -0.1) is 0 Å². The molecule has 0 unspecified atom stereocenters. The minimum absolute atomic E-state index is 0.0621. The van der Waals surface area contributed by atoms with Crippen LogP contribution in [0.25, 0.3) is 38.6 Å². The molecule has 7 heteroatoms. The zero-order chi connectivity index (χ0) is 27.6. The molecule has 2 amide bonds. The molecule has 40 heavy (non-hydrogen) atoms. The zero-order valence-electron chi connectivity index (χ0n) is 20.8. The van der Waals surface area contributed by atoms with Crippen LogP contribution in [-0.2, 0) is 6.18 Å². The fourth-order valence-electron chi connectivity index (χ4n) is 5.70. The number of rotatable bonds is 3. The highest BCUT2D eigenvalue weighted by atomic mass is 19.4. The summed E-state index contributed by atoms with van der Waals surface area (Å²) >= 11 is 0. The number of carbonyl (C=O) groups is 2. The van der Waals surface area contributed by atoms with E-state index in [1.807, 2.05) is 42.5 Å². The maximum Gasteiger partial charge on any atom is 0.418 e. The second-order valence-corrected chi connectivity index (χ2v) is 9.58. The Hall–Kier alpha value is -5.17. The van der Waals surface area contributed by atoms with Crippen molar-refractivity contribution in [1.82, 2.24) is 4.57 Å². The molecule has 0 fully saturated rings. The van der Waals surface area contributed by atoms with Crippen LogP contribution in [0.4, 0.5) is 18.9 Å². The summed E-state index contributed by atoms with van der Waals surface area (Å²) in [5.41, 5.74) is 1.97. The lowest BCUT2D eigenvalue weighted by Crippen LogP contribution is -2.30. The van der Waals surface area contributed by atoms with Crippen molar-refractivity contribution in [3.63, 3.8) is 0 Å². The molecule has 6 aromatic rings. The van der Waals surface area contributed by atoms with Crippen molar-refractivity contribution in [3.05, 3.63) is 132 Å². The van der Waals surface area contributed by atoms with E-state index in [2.05, 4.69) is 0 Å². The fraction of sp³-hybridized carbons (Fsp3) is 0.0303. The Morgan fingerprint density at radius 2 is 1.18 bits per heavy atom. The molecule has 194 valence electrons. The average molecular weight is 533 g/mol. The predicted molar refractivity (Wildman–Crippen MR) is 149 cm³/mol. The fourth-order valence-corrected chi connectivity index (χ4v) is 5.70. The van der Waals surface area contributed by atoms with Crippen molar-refractivity contribution >= 4 is 39.3 Å². The molecule has 0 bridgehead atoms. The highest BCUT2D eigenvalue weighted by molar-refractivity contribution is 6.36. The molecule has 1 aliphatic rings. The molecule has 4 nitrogen and oxygen atoms in total. The van der Waals surface area contributed by atoms with Gasteiger partial charge >= 0.3 is 6.18 Å². The van der Waals surface area contributed by atoms with Crippen LogP contribution < -0.4 is 4.90 Å². The maximum absolute atomic E-state index is 14.3. The van der Waals surface area contributed by atoms with Crippen LogP contribution in [0.15, 0.2) is 115 Å². The van der Waals surface area contributed by atoms with E-state index in [1.54, 1.807) is 60.7 Å². The molecule has 7 rings (SSSR count). The summed E-state index contributed by atoms with van der Waals surface area (Å²) in [6.45, 7) is 0. The van der Waals surface area contributed by atoms with E-state index in [0.29, 0.717) is 27.5 Å². The van der Waals surface area contributed by atoms with Crippen LogP contribution >= 0.6 is 0 Å². The summed E-state index contributed by atoms with van der Waals surface area (Å²) in [6.07, 6.45) is -4.63. The zero-order valence-corrected chi connectivity index (χ0v) is 20.8. The first-order valence-corrected chi connectivity index (χ1v) is 12.6. The smallest absolute Gasteiger partial charge is 0.308 e. The summed E-state index contributed by atoms with van der Waals surface area (Å²) in [4.78, 5) is 29.0. The summed E-state index contributed by atoms with van der Waals surface area (Å²) in [5, 5.41) is 1.02. The van der Waals surface area contributed by atoms with Crippen molar-refractivity contribution in [1.29, 1.82) is 0 Å². The maximum atomic E-state index is 14.3. The molecule has 0 N–H and O–H groups in total. The second-order valence-electron chi connectivity index (χ2n) is 9.58. The normalized spacial score (nSPS) is 13.4. The van der Waals surface area contributed by atoms with Crippen molar-refractivity contribution in [2.24, 2.45) is 0 Å². The largest absolute Gasteiger partial charge is 0.418 e. The van der Waals surface area contributed by atoms with Crippen molar-refractivity contribution in [2.45, 2.75) is 6.18 Å². The number of aromatic nitrogens is 1. The quantitative estimate of drug-likeness (QED) is 0.215. The van der Waals surface area contributed by atoms with Crippen LogP contribution in [0.5, 0.6) is 0 Å². The van der Waals surface area contributed by atoms with Gasteiger partial charge in [0.05, 0.1) is 39.1 Å². The number of hydrogen-bond acceptors (Lipinski definition) is 2. The Labute approximate surface area is 226 Å². The number of anilines is 1. The highest BCUT2D eigenvalue weighted by Crippen LogP contribution is 2.43. The van der Waals surface area contributed by atoms with E-state index < -0.39 is 23.6 Å². The number of hydrogen-bond donors (Lipinski definition) is 0. The second kappa shape index (κ2) is 8.68. The topological polar surface area (TPSA) is 42.3 Å². The van der Waals surface area contributed by atoms with Gasteiger partial charge in [-0.3, -0.25) is 9.59 Å². The van der Waals surface area contributed by atoms with Crippen LogP contribution in [0, 0.1) is 0 Å². The highest BCUT2D eigenvalue weighted by Gasteiger charge is 2.41. The van der Waals surface area contributed by atoms with Gasteiger partial charge < -0.3 is 4.57 Å². The van der Waals surface area contributed by atoms with Crippen molar-refractivity contribution in [3.8, 4) is 16.8 Å². The Kier molecular flexibility index (Phi) is 5.19. The summed E-state index contributed by atoms with van der Waals surface area (Å²) in [5.74, 6) is -1.11. The summed E-state index contributed by atoms with van der Waals surface area (Å²) in [6, 6.07) is 32.3.